The standard InChI is InChI=1S/C22H26N6O.C2HF3O2/c1-27(16-19-15-21(26-25-19)17-5-3-2-4-6-17)22(29)24-18-7-9-20(10-8-18)28-13-11-23-12-14-28;3-2(4,5)1(6)7/h2-10,15,23H,11-14,16H2,1H3,(H,24,29)(H,25,26);(H,6,7). The first kappa shape index (κ1) is 26.5. The lowest BCUT2D eigenvalue weighted by Gasteiger charge is -2.29. The van der Waals surface area contributed by atoms with Gasteiger partial charge < -0.3 is 25.5 Å². The van der Waals surface area contributed by atoms with Gasteiger partial charge in [0.2, 0.25) is 0 Å². The molecule has 0 bridgehead atoms. The number of rotatable bonds is 5. The summed E-state index contributed by atoms with van der Waals surface area (Å²) in [6, 6.07) is 19.8. The molecule has 0 saturated carbocycles. The van der Waals surface area contributed by atoms with E-state index in [4.69, 9.17) is 9.90 Å². The quantitative estimate of drug-likeness (QED) is 0.421. The summed E-state index contributed by atoms with van der Waals surface area (Å²) in [6.45, 7) is 4.46. The van der Waals surface area contributed by atoms with E-state index in [0.717, 1.165) is 48.8 Å². The Balaban J connectivity index is 0.000000454. The normalized spacial score (nSPS) is 13.4. The number of H-pyrrole nitrogens is 1. The minimum Gasteiger partial charge on any atom is -0.475 e. The molecule has 1 aromatic heterocycles. The largest absolute Gasteiger partial charge is 0.490 e. The molecule has 9 nitrogen and oxygen atoms in total. The number of piperazine rings is 1. The number of halogens is 3. The molecule has 3 aromatic rings. The van der Waals surface area contributed by atoms with E-state index in [1.165, 1.54) is 5.69 Å². The van der Waals surface area contributed by atoms with Gasteiger partial charge in [-0.25, -0.2) is 9.59 Å². The number of benzene rings is 2. The number of hydrogen-bond donors (Lipinski definition) is 4. The molecule has 0 spiro atoms. The zero-order valence-electron chi connectivity index (χ0n) is 19.5. The van der Waals surface area contributed by atoms with Crippen molar-refractivity contribution in [3.05, 3.63) is 66.4 Å². The molecule has 192 valence electrons. The molecule has 2 amide bonds. The fourth-order valence-electron chi connectivity index (χ4n) is 3.42. The summed E-state index contributed by atoms with van der Waals surface area (Å²) in [7, 11) is 1.77. The monoisotopic (exact) mass is 504 g/mol. The highest BCUT2D eigenvalue weighted by atomic mass is 19.4. The highest BCUT2D eigenvalue weighted by Gasteiger charge is 2.38. The number of amides is 2. The number of carboxylic acids is 1. The first-order chi connectivity index (χ1) is 17.1. The van der Waals surface area contributed by atoms with Crippen molar-refractivity contribution in [3.8, 4) is 11.3 Å². The van der Waals surface area contributed by atoms with Gasteiger partial charge in [-0.1, -0.05) is 30.3 Å². The Hall–Kier alpha value is -4.06. The number of aromatic amines is 1. The Morgan fingerprint density at radius 1 is 1.08 bits per heavy atom. The van der Waals surface area contributed by atoms with E-state index in [0.29, 0.717) is 6.54 Å². The molecule has 4 N–H and O–H groups in total. The molecule has 4 rings (SSSR count). The number of anilines is 2. The van der Waals surface area contributed by atoms with Gasteiger partial charge in [-0.15, -0.1) is 0 Å². The molecule has 12 heteroatoms. The summed E-state index contributed by atoms with van der Waals surface area (Å²) < 4.78 is 31.7. The molecule has 1 fully saturated rings. The van der Waals surface area contributed by atoms with Gasteiger partial charge in [0.05, 0.1) is 17.9 Å². The number of nitrogens with zero attached hydrogens (tertiary/aromatic N) is 3. The average molecular weight is 505 g/mol. The van der Waals surface area contributed by atoms with Crippen LogP contribution in [0, 0.1) is 0 Å². The van der Waals surface area contributed by atoms with E-state index in [1.54, 1.807) is 11.9 Å². The Bertz CT molecular complexity index is 1130. The number of hydrogen-bond acceptors (Lipinski definition) is 5. The van der Waals surface area contributed by atoms with E-state index >= 15 is 0 Å². The Kier molecular flexibility index (Phi) is 8.90. The number of alkyl halides is 3. The van der Waals surface area contributed by atoms with Crippen LogP contribution in [0.1, 0.15) is 5.69 Å². The van der Waals surface area contributed by atoms with Gasteiger partial charge in [-0.2, -0.15) is 18.3 Å². The van der Waals surface area contributed by atoms with Gasteiger partial charge in [-0.3, -0.25) is 5.10 Å². The predicted molar refractivity (Wildman–Crippen MR) is 130 cm³/mol. The predicted octanol–water partition coefficient (Wildman–Crippen LogP) is 3.78. The second kappa shape index (κ2) is 12.1. The van der Waals surface area contributed by atoms with Gasteiger partial charge in [0, 0.05) is 50.2 Å². The number of nitrogens with one attached hydrogen (secondary N) is 3. The van der Waals surface area contributed by atoms with Gasteiger partial charge in [0.15, 0.2) is 0 Å². The maximum absolute atomic E-state index is 12.5. The van der Waals surface area contributed by atoms with E-state index < -0.39 is 12.1 Å². The number of aromatic nitrogens is 2. The second-order valence-electron chi connectivity index (χ2n) is 8.02. The third-order valence-corrected chi connectivity index (χ3v) is 5.30. The van der Waals surface area contributed by atoms with Crippen molar-refractivity contribution in [2.45, 2.75) is 12.7 Å². The molecule has 1 aliphatic rings. The number of carbonyl (C=O) groups excluding carboxylic acids is 1. The lowest BCUT2D eigenvalue weighted by atomic mass is 10.1. The molecule has 2 heterocycles. The van der Waals surface area contributed by atoms with Crippen LogP contribution < -0.4 is 15.5 Å². The molecule has 1 aliphatic heterocycles. The number of urea groups is 1. The molecule has 2 aromatic carbocycles. The Labute approximate surface area is 205 Å². The smallest absolute Gasteiger partial charge is 0.475 e. The molecular weight excluding hydrogens is 477 g/mol. The first-order valence-electron chi connectivity index (χ1n) is 11.1. The van der Waals surface area contributed by atoms with Crippen LogP contribution in [0.25, 0.3) is 11.3 Å². The van der Waals surface area contributed by atoms with Crippen LogP contribution in [0.3, 0.4) is 0 Å². The van der Waals surface area contributed by atoms with Gasteiger partial charge >= 0.3 is 18.2 Å². The van der Waals surface area contributed by atoms with Crippen molar-refractivity contribution in [1.82, 2.24) is 20.4 Å². The minimum absolute atomic E-state index is 0.157. The summed E-state index contributed by atoms with van der Waals surface area (Å²) in [6.07, 6.45) is -5.08. The lowest BCUT2D eigenvalue weighted by Crippen LogP contribution is -2.43. The van der Waals surface area contributed by atoms with Gasteiger partial charge in [0.25, 0.3) is 0 Å². The highest BCUT2D eigenvalue weighted by molar-refractivity contribution is 5.89. The van der Waals surface area contributed by atoms with Crippen LogP contribution in [0.2, 0.25) is 0 Å². The number of aliphatic carboxylic acids is 1. The summed E-state index contributed by atoms with van der Waals surface area (Å²) in [5.74, 6) is -2.76. The summed E-state index contributed by atoms with van der Waals surface area (Å²) in [4.78, 5) is 25.4. The van der Waals surface area contributed by atoms with E-state index in [9.17, 15) is 18.0 Å². The Morgan fingerprint density at radius 3 is 2.28 bits per heavy atom. The van der Waals surface area contributed by atoms with Crippen LogP contribution in [-0.4, -0.2) is 71.6 Å². The summed E-state index contributed by atoms with van der Waals surface area (Å²) >= 11 is 0. The fourth-order valence-corrected chi connectivity index (χ4v) is 3.42. The van der Waals surface area contributed by atoms with Crippen molar-refractivity contribution < 1.29 is 27.9 Å². The fraction of sp³-hybridized carbons (Fsp3) is 0.292. The molecule has 0 aliphatic carbocycles. The molecular formula is C24H27F3N6O3. The molecule has 0 radical (unpaired) electrons. The SMILES string of the molecule is CN(Cc1cc(-c2ccccc2)n[nH]1)C(=O)Nc1ccc(N2CCNCC2)cc1.O=C(O)C(F)(F)F. The number of carbonyl (C=O) groups is 2. The topological polar surface area (TPSA) is 114 Å². The highest BCUT2D eigenvalue weighted by Crippen LogP contribution is 2.20. The van der Waals surface area contributed by atoms with Crippen LogP contribution in [0.5, 0.6) is 0 Å². The second-order valence-corrected chi connectivity index (χ2v) is 8.02. The summed E-state index contributed by atoms with van der Waals surface area (Å²) in [5, 5.41) is 20.8. The molecule has 0 atom stereocenters. The third kappa shape index (κ3) is 7.73. The Morgan fingerprint density at radius 2 is 1.69 bits per heavy atom. The molecule has 36 heavy (non-hydrogen) atoms. The van der Waals surface area contributed by atoms with Crippen molar-refractivity contribution in [2.75, 3.05) is 43.4 Å². The van der Waals surface area contributed by atoms with Gasteiger partial charge in [0.1, 0.15) is 0 Å². The van der Waals surface area contributed by atoms with Gasteiger partial charge in [-0.05, 0) is 30.3 Å². The van der Waals surface area contributed by atoms with Crippen LogP contribution in [0.15, 0.2) is 60.7 Å². The summed E-state index contributed by atoms with van der Waals surface area (Å²) in [5.41, 5.74) is 4.78. The molecule has 1 saturated heterocycles. The minimum atomic E-state index is -5.08. The third-order valence-electron chi connectivity index (χ3n) is 5.30. The number of carboxylic acid groups (broad SMARTS) is 1. The average Bonchev–Trinajstić information content (AvgIpc) is 3.34. The molecule has 0 unspecified atom stereocenters. The maximum Gasteiger partial charge on any atom is 0.490 e. The van der Waals surface area contributed by atoms with Crippen LogP contribution in [0.4, 0.5) is 29.3 Å². The van der Waals surface area contributed by atoms with E-state index in [-0.39, 0.29) is 6.03 Å². The van der Waals surface area contributed by atoms with Crippen LogP contribution >= 0.6 is 0 Å². The van der Waals surface area contributed by atoms with Crippen molar-refractivity contribution in [3.63, 3.8) is 0 Å². The maximum atomic E-state index is 12.5. The zero-order chi connectivity index (χ0) is 26.1. The van der Waals surface area contributed by atoms with E-state index in [1.807, 2.05) is 48.5 Å². The van der Waals surface area contributed by atoms with Crippen molar-refractivity contribution >= 4 is 23.4 Å². The zero-order valence-corrected chi connectivity index (χ0v) is 19.5. The first-order valence-corrected chi connectivity index (χ1v) is 11.1. The van der Waals surface area contributed by atoms with Crippen LogP contribution in [-0.2, 0) is 11.3 Å². The van der Waals surface area contributed by atoms with E-state index in [2.05, 4.69) is 37.9 Å². The lowest BCUT2D eigenvalue weighted by molar-refractivity contribution is -0.192. The van der Waals surface area contributed by atoms with Crippen molar-refractivity contribution in [1.29, 1.82) is 0 Å². The van der Waals surface area contributed by atoms with Crippen molar-refractivity contribution in [2.24, 2.45) is 0 Å².